The molecule has 0 saturated carbocycles. The summed E-state index contributed by atoms with van der Waals surface area (Å²) < 4.78 is 5.38. The lowest BCUT2D eigenvalue weighted by molar-refractivity contribution is -0.130. The summed E-state index contributed by atoms with van der Waals surface area (Å²) in [6, 6.07) is 15.8. The van der Waals surface area contributed by atoms with Crippen molar-refractivity contribution in [3.05, 3.63) is 64.7 Å². The van der Waals surface area contributed by atoms with Crippen LogP contribution in [-0.2, 0) is 11.2 Å². The molecule has 0 radical (unpaired) electrons. The molecule has 1 saturated heterocycles. The third-order valence-electron chi connectivity index (χ3n) is 4.90. The molecule has 1 amide bonds. The standard InChI is InChI=1S/C21H24ClNO2/c1-25-20-8-3-2-6-17(20)14-21(24)23-13-5-4-7-18(15-23)16-9-11-19(22)12-10-16/h2-3,6,8-12,18H,4-5,7,13-15H2,1H3. The van der Waals surface area contributed by atoms with Crippen molar-refractivity contribution in [2.75, 3.05) is 20.2 Å². The highest BCUT2D eigenvalue weighted by Gasteiger charge is 2.23. The number of methoxy groups -OCH3 is 1. The van der Waals surface area contributed by atoms with E-state index in [1.54, 1.807) is 7.11 Å². The van der Waals surface area contributed by atoms with E-state index in [-0.39, 0.29) is 5.91 Å². The molecule has 1 atom stereocenters. The average Bonchev–Trinajstić information content (AvgIpc) is 2.89. The predicted molar refractivity (Wildman–Crippen MR) is 101 cm³/mol. The van der Waals surface area contributed by atoms with Crippen molar-refractivity contribution in [2.24, 2.45) is 0 Å². The van der Waals surface area contributed by atoms with Crippen LogP contribution < -0.4 is 4.74 Å². The molecule has 3 nitrogen and oxygen atoms in total. The van der Waals surface area contributed by atoms with Gasteiger partial charge in [-0.2, -0.15) is 0 Å². The first-order valence-corrected chi connectivity index (χ1v) is 9.20. The lowest BCUT2D eigenvalue weighted by Gasteiger charge is -2.25. The molecule has 1 fully saturated rings. The lowest BCUT2D eigenvalue weighted by Crippen LogP contribution is -2.35. The zero-order valence-corrected chi connectivity index (χ0v) is 15.3. The van der Waals surface area contributed by atoms with Crippen LogP contribution in [0, 0.1) is 0 Å². The number of carbonyl (C=O) groups excluding carboxylic acids is 1. The molecule has 2 aromatic rings. The monoisotopic (exact) mass is 357 g/mol. The van der Waals surface area contributed by atoms with Crippen LogP contribution in [0.3, 0.4) is 0 Å². The SMILES string of the molecule is COc1ccccc1CC(=O)N1CCCCC(c2ccc(Cl)cc2)C1. The number of benzene rings is 2. The Morgan fingerprint density at radius 3 is 2.68 bits per heavy atom. The number of nitrogens with zero attached hydrogens (tertiary/aromatic N) is 1. The largest absolute Gasteiger partial charge is 0.496 e. The fourth-order valence-electron chi connectivity index (χ4n) is 3.50. The van der Waals surface area contributed by atoms with Gasteiger partial charge < -0.3 is 9.64 Å². The van der Waals surface area contributed by atoms with Gasteiger partial charge in [-0.15, -0.1) is 0 Å². The molecule has 4 heteroatoms. The van der Waals surface area contributed by atoms with Gasteiger partial charge in [0.2, 0.25) is 5.91 Å². The molecule has 0 aromatic heterocycles. The average molecular weight is 358 g/mol. The van der Waals surface area contributed by atoms with Gasteiger partial charge >= 0.3 is 0 Å². The summed E-state index contributed by atoms with van der Waals surface area (Å²) >= 11 is 6.00. The Balaban J connectivity index is 1.72. The van der Waals surface area contributed by atoms with Crippen molar-refractivity contribution >= 4 is 17.5 Å². The molecule has 1 unspecified atom stereocenters. The van der Waals surface area contributed by atoms with Crippen molar-refractivity contribution in [1.82, 2.24) is 4.90 Å². The second kappa shape index (κ2) is 8.39. The summed E-state index contributed by atoms with van der Waals surface area (Å²) in [6.07, 6.45) is 3.70. The summed E-state index contributed by atoms with van der Waals surface area (Å²) in [5.74, 6) is 1.33. The normalized spacial score (nSPS) is 17.8. The van der Waals surface area contributed by atoms with Gasteiger partial charge in [-0.25, -0.2) is 0 Å². The van der Waals surface area contributed by atoms with Gasteiger partial charge in [0.1, 0.15) is 5.75 Å². The minimum absolute atomic E-state index is 0.172. The second-order valence-electron chi connectivity index (χ2n) is 6.57. The molecule has 0 spiro atoms. The summed E-state index contributed by atoms with van der Waals surface area (Å²) in [7, 11) is 1.64. The van der Waals surface area contributed by atoms with E-state index in [2.05, 4.69) is 12.1 Å². The minimum atomic E-state index is 0.172. The van der Waals surface area contributed by atoms with Crippen molar-refractivity contribution in [1.29, 1.82) is 0 Å². The third kappa shape index (κ3) is 4.55. The van der Waals surface area contributed by atoms with E-state index in [4.69, 9.17) is 16.3 Å². The van der Waals surface area contributed by atoms with Gasteiger partial charge in [-0.1, -0.05) is 48.4 Å². The van der Waals surface area contributed by atoms with Crippen LogP contribution in [0.2, 0.25) is 5.02 Å². The van der Waals surface area contributed by atoms with Gasteiger partial charge in [-0.3, -0.25) is 4.79 Å². The van der Waals surface area contributed by atoms with E-state index >= 15 is 0 Å². The van der Waals surface area contributed by atoms with Crippen LogP contribution in [-0.4, -0.2) is 31.0 Å². The first-order chi connectivity index (χ1) is 12.2. The molecule has 0 bridgehead atoms. The number of rotatable bonds is 4. The lowest BCUT2D eigenvalue weighted by atomic mass is 9.94. The fraction of sp³-hybridized carbons (Fsp3) is 0.381. The number of amides is 1. The molecule has 132 valence electrons. The van der Waals surface area contributed by atoms with Gasteiger partial charge in [0.05, 0.1) is 13.5 Å². The molecule has 3 rings (SSSR count). The summed E-state index contributed by atoms with van der Waals surface area (Å²) in [6.45, 7) is 1.60. The van der Waals surface area contributed by atoms with Gasteiger partial charge in [0, 0.05) is 29.6 Å². The Kier molecular flexibility index (Phi) is 5.98. The third-order valence-corrected chi connectivity index (χ3v) is 5.15. The van der Waals surface area contributed by atoms with E-state index in [1.165, 1.54) is 5.56 Å². The van der Waals surface area contributed by atoms with Crippen LogP contribution in [0.4, 0.5) is 0 Å². The first kappa shape index (κ1) is 17.8. The fourth-order valence-corrected chi connectivity index (χ4v) is 3.63. The first-order valence-electron chi connectivity index (χ1n) is 8.82. The molecular weight excluding hydrogens is 334 g/mol. The van der Waals surface area contributed by atoms with E-state index < -0.39 is 0 Å². The molecule has 1 aliphatic rings. The van der Waals surface area contributed by atoms with Crippen molar-refractivity contribution in [2.45, 2.75) is 31.6 Å². The number of carbonyl (C=O) groups is 1. The quantitative estimate of drug-likeness (QED) is 0.794. The van der Waals surface area contributed by atoms with Gasteiger partial charge in [0.15, 0.2) is 0 Å². The molecular formula is C21H24ClNO2. The highest BCUT2D eigenvalue weighted by atomic mass is 35.5. The number of hydrogen-bond acceptors (Lipinski definition) is 2. The zero-order chi connectivity index (χ0) is 17.6. The Labute approximate surface area is 154 Å². The van der Waals surface area contributed by atoms with E-state index in [0.717, 1.165) is 48.7 Å². The summed E-state index contributed by atoms with van der Waals surface area (Å²) in [5.41, 5.74) is 2.21. The van der Waals surface area contributed by atoms with Crippen LogP contribution in [0.25, 0.3) is 0 Å². The molecule has 25 heavy (non-hydrogen) atoms. The molecule has 0 aliphatic carbocycles. The van der Waals surface area contributed by atoms with E-state index in [0.29, 0.717) is 12.3 Å². The molecule has 1 heterocycles. The highest BCUT2D eigenvalue weighted by molar-refractivity contribution is 6.30. The predicted octanol–water partition coefficient (Wildman–Crippen LogP) is 4.69. The minimum Gasteiger partial charge on any atom is -0.496 e. The van der Waals surface area contributed by atoms with Gasteiger partial charge in [0.25, 0.3) is 0 Å². The number of ether oxygens (including phenoxy) is 1. The van der Waals surface area contributed by atoms with Crippen molar-refractivity contribution in [3.8, 4) is 5.75 Å². The molecule has 2 aromatic carbocycles. The summed E-state index contributed by atoms with van der Waals surface area (Å²) in [5, 5.41) is 0.751. The maximum Gasteiger partial charge on any atom is 0.227 e. The Morgan fingerprint density at radius 2 is 1.92 bits per heavy atom. The van der Waals surface area contributed by atoms with Crippen molar-refractivity contribution < 1.29 is 9.53 Å². The number of para-hydroxylation sites is 1. The summed E-state index contributed by atoms with van der Waals surface area (Å²) in [4.78, 5) is 14.9. The molecule has 1 aliphatic heterocycles. The van der Waals surface area contributed by atoms with Crippen LogP contribution in [0.5, 0.6) is 5.75 Å². The number of hydrogen-bond donors (Lipinski definition) is 0. The van der Waals surface area contributed by atoms with E-state index in [9.17, 15) is 4.79 Å². The van der Waals surface area contributed by atoms with Crippen LogP contribution in [0.1, 0.15) is 36.3 Å². The Bertz CT molecular complexity index is 714. The second-order valence-corrected chi connectivity index (χ2v) is 7.01. The maximum atomic E-state index is 12.9. The maximum absolute atomic E-state index is 12.9. The van der Waals surface area contributed by atoms with Crippen LogP contribution in [0.15, 0.2) is 48.5 Å². The number of halogens is 1. The smallest absolute Gasteiger partial charge is 0.227 e. The zero-order valence-electron chi connectivity index (χ0n) is 14.6. The Morgan fingerprint density at radius 1 is 1.16 bits per heavy atom. The highest BCUT2D eigenvalue weighted by Crippen LogP contribution is 2.28. The van der Waals surface area contributed by atoms with Crippen LogP contribution >= 0.6 is 11.6 Å². The molecule has 0 N–H and O–H groups in total. The topological polar surface area (TPSA) is 29.5 Å². The Hall–Kier alpha value is -2.00. The van der Waals surface area contributed by atoms with Crippen molar-refractivity contribution in [3.63, 3.8) is 0 Å². The van der Waals surface area contributed by atoms with Gasteiger partial charge in [-0.05, 0) is 36.6 Å². The number of likely N-dealkylation sites (tertiary alicyclic amines) is 1. The van der Waals surface area contributed by atoms with E-state index in [1.807, 2.05) is 41.3 Å².